The van der Waals surface area contributed by atoms with Crippen LogP contribution >= 0.6 is 0 Å². The summed E-state index contributed by atoms with van der Waals surface area (Å²) in [4.78, 5) is 14.9. The Morgan fingerprint density at radius 1 is 1.32 bits per heavy atom. The third-order valence-corrected chi connectivity index (χ3v) is 5.57. The van der Waals surface area contributed by atoms with Crippen LogP contribution < -0.4 is 14.9 Å². The van der Waals surface area contributed by atoms with E-state index in [2.05, 4.69) is 10.4 Å². The molecule has 8 heteroatoms. The minimum absolute atomic E-state index is 0.204. The maximum atomic E-state index is 13.0. The molecule has 1 amide bonds. The summed E-state index contributed by atoms with van der Waals surface area (Å²) in [6.45, 7) is 4.15. The van der Waals surface area contributed by atoms with Gasteiger partial charge in [-0.2, -0.15) is 5.10 Å². The standard InChI is InChI=1S/C23H29N5O3/c1-23(2,30)10-11-27-14-16-12-18(21(26(3)4)13-17(16)25-27)24-22(29)20-7-5-6-19(28(20)31)15-8-9-15/h5-7,12-15,30H,8-11H2,1-4H3,(H-,24,29,31)/p+1. The van der Waals surface area contributed by atoms with E-state index in [-0.39, 0.29) is 11.6 Å². The Hall–Kier alpha value is -3.13. The minimum Gasteiger partial charge on any atom is -0.390 e. The summed E-state index contributed by atoms with van der Waals surface area (Å²) in [5, 5.41) is 29.0. The van der Waals surface area contributed by atoms with Crippen molar-refractivity contribution in [2.24, 2.45) is 0 Å². The van der Waals surface area contributed by atoms with Gasteiger partial charge in [-0.15, -0.1) is 0 Å². The number of amides is 1. The number of nitrogens with one attached hydrogen (secondary N) is 1. The van der Waals surface area contributed by atoms with Gasteiger partial charge >= 0.3 is 11.6 Å². The van der Waals surface area contributed by atoms with Gasteiger partial charge in [0.25, 0.3) is 0 Å². The largest absolute Gasteiger partial charge is 0.390 e. The Labute approximate surface area is 181 Å². The first-order valence-electron chi connectivity index (χ1n) is 10.6. The number of aromatic nitrogens is 3. The molecule has 1 fully saturated rings. The summed E-state index contributed by atoms with van der Waals surface area (Å²) in [5.74, 6) is -0.0527. The molecule has 1 aliphatic rings. The van der Waals surface area contributed by atoms with Gasteiger partial charge in [0.1, 0.15) is 0 Å². The Kier molecular flexibility index (Phi) is 5.35. The summed E-state index contributed by atoms with van der Waals surface area (Å²) >= 11 is 0. The SMILES string of the molecule is CN(C)c1cc2nn(CCC(C)(C)O)cc2cc1NC(=O)c1cccc(C2CC2)[n+]1O. The van der Waals surface area contributed by atoms with Gasteiger partial charge in [0, 0.05) is 55.0 Å². The molecule has 0 radical (unpaired) electrons. The van der Waals surface area contributed by atoms with Crippen LogP contribution in [0.4, 0.5) is 11.4 Å². The van der Waals surface area contributed by atoms with Crippen LogP contribution in [0.1, 0.15) is 55.2 Å². The number of benzene rings is 1. The van der Waals surface area contributed by atoms with E-state index in [9.17, 15) is 15.1 Å². The summed E-state index contributed by atoms with van der Waals surface area (Å²) in [5.41, 5.74) is 2.48. The summed E-state index contributed by atoms with van der Waals surface area (Å²) in [6.07, 6.45) is 4.56. The predicted molar refractivity (Wildman–Crippen MR) is 119 cm³/mol. The average Bonchev–Trinajstić information content (AvgIpc) is 3.44. The van der Waals surface area contributed by atoms with Crippen molar-refractivity contribution >= 4 is 28.2 Å². The second-order valence-electron chi connectivity index (χ2n) is 9.15. The van der Waals surface area contributed by atoms with Crippen molar-refractivity contribution < 1.29 is 19.8 Å². The number of fused-ring (bicyclic) bond motifs is 1. The molecule has 1 aromatic carbocycles. The Balaban J connectivity index is 1.64. The number of rotatable bonds is 7. The molecule has 2 aromatic heterocycles. The van der Waals surface area contributed by atoms with Gasteiger partial charge in [-0.3, -0.25) is 14.7 Å². The molecule has 1 saturated carbocycles. The van der Waals surface area contributed by atoms with Crippen molar-refractivity contribution in [1.82, 2.24) is 9.78 Å². The van der Waals surface area contributed by atoms with Crippen molar-refractivity contribution in [3.63, 3.8) is 0 Å². The zero-order chi connectivity index (χ0) is 22.3. The highest BCUT2D eigenvalue weighted by Gasteiger charge is 2.35. The Morgan fingerprint density at radius 2 is 2.06 bits per heavy atom. The van der Waals surface area contributed by atoms with E-state index in [1.165, 1.54) is 0 Å². The lowest BCUT2D eigenvalue weighted by molar-refractivity contribution is -0.910. The number of aliphatic hydroxyl groups is 1. The number of nitrogens with zero attached hydrogens (tertiary/aromatic N) is 4. The fourth-order valence-electron chi connectivity index (χ4n) is 3.65. The van der Waals surface area contributed by atoms with Gasteiger partial charge in [0.05, 0.1) is 22.5 Å². The van der Waals surface area contributed by atoms with Gasteiger partial charge in [0.2, 0.25) is 5.69 Å². The second kappa shape index (κ2) is 7.85. The van der Waals surface area contributed by atoms with Crippen LogP contribution in [0.5, 0.6) is 0 Å². The molecule has 3 aromatic rings. The molecule has 0 spiro atoms. The predicted octanol–water partition coefficient (Wildman–Crippen LogP) is 2.92. The minimum atomic E-state index is -0.763. The monoisotopic (exact) mass is 424 g/mol. The molecule has 0 bridgehead atoms. The number of hydrogen-bond acceptors (Lipinski definition) is 5. The summed E-state index contributed by atoms with van der Waals surface area (Å²) in [6, 6.07) is 9.09. The van der Waals surface area contributed by atoms with Crippen LogP contribution in [0.2, 0.25) is 0 Å². The second-order valence-corrected chi connectivity index (χ2v) is 9.15. The number of anilines is 2. The molecule has 0 atom stereocenters. The number of carbonyl (C=O) groups excluding carboxylic acids is 1. The van der Waals surface area contributed by atoms with E-state index < -0.39 is 5.60 Å². The zero-order valence-corrected chi connectivity index (χ0v) is 18.5. The molecule has 2 heterocycles. The third-order valence-electron chi connectivity index (χ3n) is 5.57. The zero-order valence-electron chi connectivity index (χ0n) is 18.5. The van der Waals surface area contributed by atoms with E-state index >= 15 is 0 Å². The normalized spacial score (nSPS) is 14.1. The van der Waals surface area contributed by atoms with Crippen molar-refractivity contribution in [3.8, 4) is 0 Å². The molecular weight excluding hydrogens is 394 g/mol. The Morgan fingerprint density at radius 3 is 2.71 bits per heavy atom. The average molecular weight is 425 g/mol. The first-order valence-corrected chi connectivity index (χ1v) is 10.6. The molecule has 0 saturated heterocycles. The van der Waals surface area contributed by atoms with Gasteiger partial charge in [-0.05, 0) is 51.3 Å². The molecule has 0 aliphatic heterocycles. The van der Waals surface area contributed by atoms with E-state index in [1.807, 2.05) is 48.1 Å². The topological polar surface area (TPSA) is 94.5 Å². The van der Waals surface area contributed by atoms with Crippen LogP contribution in [0.25, 0.3) is 10.9 Å². The fourth-order valence-corrected chi connectivity index (χ4v) is 3.65. The quantitative estimate of drug-likeness (QED) is 0.400. The highest BCUT2D eigenvalue weighted by atomic mass is 16.5. The van der Waals surface area contributed by atoms with Crippen molar-refractivity contribution in [2.45, 2.75) is 51.2 Å². The van der Waals surface area contributed by atoms with Crippen LogP contribution in [0.15, 0.2) is 36.5 Å². The molecule has 1 aliphatic carbocycles. The van der Waals surface area contributed by atoms with E-state index in [0.717, 1.165) is 39.9 Å². The molecule has 3 N–H and O–H groups in total. The highest BCUT2D eigenvalue weighted by Crippen LogP contribution is 2.38. The molecule has 0 unspecified atom stereocenters. The lowest BCUT2D eigenvalue weighted by Gasteiger charge is -2.17. The van der Waals surface area contributed by atoms with Gasteiger partial charge in [0.15, 0.2) is 0 Å². The first-order chi connectivity index (χ1) is 14.6. The first kappa shape index (κ1) is 21.1. The highest BCUT2D eigenvalue weighted by molar-refractivity contribution is 6.05. The molecular formula is C23H30N5O3+. The molecule has 31 heavy (non-hydrogen) atoms. The van der Waals surface area contributed by atoms with Crippen LogP contribution in [-0.2, 0) is 6.54 Å². The van der Waals surface area contributed by atoms with Crippen molar-refractivity contribution in [3.05, 3.63) is 47.9 Å². The molecule has 164 valence electrons. The maximum absolute atomic E-state index is 13.0. The fraction of sp³-hybridized carbons (Fsp3) is 0.435. The van der Waals surface area contributed by atoms with Crippen LogP contribution in [0.3, 0.4) is 0 Å². The van der Waals surface area contributed by atoms with Crippen molar-refractivity contribution in [1.29, 1.82) is 0 Å². The number of hydrogen-bond donors (Lipinski definition) is 3. The molecule has 8 nitrogen and oxygen atoms in total. The van der Waals surface area contributed by atoms with Crippen molar-refractivity contribution in [2.75, 3.05) is 24.3 Å². The van der Waals surface area contributed by atoms with Crippen LogP contribution in [0, 0.1) is 0 Å². The van der Waals surface area contributed by atoms with Gasteiger partial charge < -0.3 is 15.3 Å². The lowest BCUT2D eigenvalue weighted by atomic mass is 10.1. The third kappa shape index (κ3) is 4.64. The van der Waals surface area contributed by atoms with E-state index in [0.29, 0.717) is 24.6 Å². The Bertz CT molecular complexity index is 1130. The smallest absolute Gasteiger partial charge is 0.325 e. The van der Waals surface area contributed by atoms with Gasteiger partial charge in [-0.1, -0.05) is 0 Å². The van der Waals surface area contributed by atoms with Crippen LogP contribution in [-0.4, -0.2) is 45.7 Å². The van der Waals surface area contributed by atoms with E-state index in [4.69, 9.17) is 0 Å². The lowest BCUT2D eigenvalue weighted by Crippen LogP contribution is -2.43. The summed E-state index contributed by atoms with van der Waals surface area (Å²) in [7, 11) is 3.81. The maximum Gasteiger partial charge on any atom is 0.325 e. The molecule has 4 rings (SSSR count). The van der Waals surface area contributed by atoms with Gasteiger partial charge in [-0.25, -0.2) is 0 Å². The number of carbonyl (C=O) groups is 1. The number of pyridine rings is 1. The summed E-state index contributed by atoms with van der Waals surface area (Å²) < 4.78 is 2.82. The van der Waals surface area contributed by atoms with E-state index in [1.54, 1.807) is 26.0 Å². The number of aryl methyl sites for hydroxylation is 1.